The van der Waals surface area contributed by atoms with Crippen molar-refractivity contribution in [3.63, 3.8) is 0 Å². The fourth-order valence-electron chi connectivity index (χ4n) is 4.30. The van der Waals surface area contributed by atoms with Gasteiger partial charge in [-0.1, -0.05) is 25.1 Å². The number of hydrogen-bond donors (Lipinski definition) is 1. The molecule has 27 heavy (non-hydrogen) atoms. The second-order valence-corrected chi connectivity index (χ2v) is 7.70. The lowest BCUT2D eigenvalue weighted by molar-refractivity contribution is -0.142. The third-order valence-corrected chi connectivity index (χ3v) is 5.85. The van der Waals surface area contributed by atoms with Crippen molar-refractivity contribution < 1.29 is 19.1 Å². The molecule has 1 N–H and O–H groups in total. The third-order valence-electron chi connectivity index (χ3n) is 5.85. The Labute approximate surface area is 158 Å². The summed E-state index contributed by atoms with van der Waals surface area (Å²) in [4.78, 5) is 28.3. The Balaban J connectivity index is 1.54. The SMILES string of the molecule is CC1Cc2ccccc2N1Cc1occc1C(=O)N1C[C@@H](C)[C@H](C(=O)O)C1. The molecule has 0 bridgehead atoms. The van der Waals surface area contributed by atoms with Crippen LogP contribution in [0.1, 0.15) is 35.5 Å². The summed E-state index contributed by atoms with van der Waals surface area (Å²) in [7, 11) is 0. The second kappa shape index (κ2) is 6.76. The van der Waals surface area contributed by atoms with Crippen LogP contribution >= 0.6 is 0 Å². The fourth-order valence-corrected chi connectivity index (χ4v) is 4.30. The number of carboxylic acid groups (broad SMARTS) is 1. The molecule has 1 aromatic heterocycles. The number of carbonyl (C=O) groups is 2. The number of carboxylic acids is 1. The minimum atomic E-state index is -0.840. The number of aliphatic carboxylic acids is 1. The molecule has 1 unspecified atom stereocenters. The molecule has 3 atom stereocenters. The summed E-state index contributed by atoms with van der Waals surface area (Å²) in [5, 5.41) is 9.32. The molecule has 142 valence electrons. The van der Waals surface area contributed by atoms with E-state index in [0.717, 1.165) is 6.42 Å². The number of likely N-dealkylation sites (tertiary alicyclic amines) is 1. The number of hydrogen-bond acceptors (Lipinski definition) is 4. The van der Waals surface area contributed by atoms with Gasteiger partial charge in [0.2, 0.25) is 0 Å². The minimum absolute atomic E-state index is 0.0488. The van der Waals surface area contributed by atoms with Crippen molar-refractivity contribution >= 4 is 17.6 Å². The topological polar surface area (TPSA) is 74.0 Å². The molecule has 6 nitrogen and oxygen atoms in total. The molecule has 1 fully saturated rings. The number of rotatable bonds is 4. The van der Waals surface area contributed by atoms with E-state index in [1.807, 2.05) is 19.1 Å². The third kappa shape index (κ3) is 3.09. The van der Waals surface area contributed by atoms with Gasteiger partial charge in [-0.05, 0) is 37.0 Å². The van der Waals surface area contributed by atoms with Gasteiger partial charge in [0.15, 0.2) is 0 Å². The predicted molar refractivity (Wildman–Crippen MR) is 101 cm³/mol. The Morgan fingerprint density at radius 1 is 1.19 bits per heavy atom. The number of furan rings is 1. The van der Waals surface area contributed by atoms with Gasteiger partial charge in [0, 0.05) is 24.8 Å². The van der Waals surface area contributed by atoms with E-state index in [-0.39, 0.29) is 18.4 Å². The molecular weight excluding hydrogens is 344 g/mol. The zero-order chi connectivity index (χ0) is 19.1. The fraction of sp³-hybridized carbons (Fsp3) is 0.429. The summed E-state index contributed by atoms with van der Waals surface area (Å²) in [5.74, 6) is -0.903. The Morgan fingerprint density at radius 3 is 2.70 bits per heavy atom. The van der Waals surface area contributed by atoms with E-state index in [2.05, 4.69) is 24.0 Å². The molecule has 6 heteroatoms. The van der Waals surface area contributed by atoms with Crippen LogP contribution in [0.3, 0.4) is 0 Å². The summed E-state index contributed by atoms with van der Waals surface area (Å²) in [6, 6.07) is 10.3. The highest BCUT2D eigenvalue weighted by molar-refractivity contribution is 5.96. The summed E-state index contributed by atoms with van der Waals surface area (Å²) in [6.07, 6.45) is 2.52. The van der Waals surface area contributed by atoms with Gasteiger partial charge in [-0.2, -0.15) is 0 Å². The first-order chi connectivity index (χ1) is 13.0. The van der Waals surface area contributed by atoms with Gasteiger partial charge in [-0.15, -0.1) is 0 Å². The zero-order valence-corrected chi connectivity index (χ0v) is 15.6. The first kappa shape index (κ1) is 17.6. The standard InChI is InChI=1S/C21H24N2O4/c1-13-10-22(11-17(13)21(25)26)20(24)16-7-8-27-19(16)12-23-14(2)9-15-5-3-4-6-18(15)23/h3-8,13-14,17H,9-12H2,1-2H3,(H,25,26)/t13-,14?,17-/m1/s1. The summed E-state index contributed by atoms with van der Waals surface area (Å²) in [5.41, 5.74) is 3.02. The summed E-state index contributed by atoms with van der Waals surface area (Å²) < 4.78 is 5.67. The number of benzene rings is 1. The largest absolute Gasteiger partial charge is 0.481 e. The second-order valence-electron chi connectivity index (χ2n) is 7.70. The van der Waals surface area contributed by atoms with Crippen molar-refractivity contribution in [3.8, 4) is 0 Å². The molecule has 2 aliphatic rings. The molecule has 1 saturated heterocycles. The molecule has 1 amide bonds. The van der Waals surface area contributed by atoms with Gasteiger partial charge in [-0.3, -0.25) is 9.59 Å². The lowest BCUT2D eigenvalue weighted by atomic mass is 9.99. The highest BCUT2D eigenvalue weighted by atomic mass is 16.4. The van der Waals surface area contributed by atoms with Crippen LogP contribution in [-0.4, -0.2) is 41.0 Å². The van der Waals surface area contributed by atoms with Crippen molar-refractivity contribution in [1.29, 1.82) is 0 Å². The van der Waals surface area contributed by atoms with Crippen LogP contribution in [0.25, 0.3) is 0 Å². The minimum Gasteiger partial charge on any atom is -0.481 e. The molecule has 2 aromatic rings. The van der Waals surface area contributed by atoms with Crippen molar-refractivity contribution in [1.82, 2.24) is 4.90 Å². The van der Waals surface area contributed by atoms with Gasteiger partial charge in [0.05, 0.1) is 24.3 Å². The van der Waals surface area contributed by atoms with Crippen LogP contribution in [0.5, 0.6) is 0 Å². The monoisotopic (exact) mass is 368 g/mol. The molecule has 0 aliphatic carbocycles. The average Bonchev–Trinajstić information content (AvgIpc) is 3.33. The maximum absolute atomic E-state index is 13.0. The van der Waals surface area contributed by atoms with Gasteiger partial charge in [-0.25, -0.2) is 0 Å². The van der Waals surface area contributed by atoms with Crippen molar-refractivity contribution in [2.24, 2.45) is 11.8 Å². The van der Waals surface area contributed by atoms with Crippen LogP contribution in [0.15, 0.2) is 41.0 Å². The van der Waals surface area contributed by atoms with E-state index >= 15 is 0 Å². The summed E-state index contributed by atoms with van der Waals surface area (Å²) in [6.45, 7) is 5.29. The van der Waals surface area contributed by atoms with Crippen LogP contribution in [0.2, 0.25) is 0 Å². The highest BCUT2D eigenvalue weighted by Gasteiger charge is 2.38. The molecule has 0 radical (unpaired) electrons. The van der Waals surface area contributed by atoms with Crippen molar-refractivity contribution in [2.45, 2.75) is 32.9 Å². The number of amides is 1. The van der Waals surface area contributed by atoms with Crippen LogP contribution in [0.4, 0.5) is 5.69 Å². The smallest absolute Gasteiger partial charge is 0.308 e. The molecule has 0 saturated carbocycles. The highest BCUT2D eigenvalue weighted by Crippen LogP contribution is 2.34. The van der Waals surface area contributed by atoms with Crippen LogP contribution in [0, 0.1) is 11.8 Å². The molecule has 3 heterocycles. The number of fused-ring (bicyclic) bond motifs is 1. The van der Waals surface area contributed by atoms with Gasteiger partial charge in [0.1, 0.15) is 5.76 Å². The van der Waals surface area contributed by atoms with E-state index < -0.39 is 11.9 Å². The number of nitrogens with zero attached hydrogens (tertiary/aromatic N) is 2. The first-order valence-electron chi connectivity index (χ1n) is 9.38. The van der Waals surface area contributed by atoms with E-state index in [0.29, 0.717) is 30.5 Å². The first-order valence-corrected chi connectivity index (χ1v) is 9.38. The average molecular weight is 368 g/mol. The maximum Gasteiger partial charge on any atom is 0.308 e. The van der Waals surface area contributed by atoms with Gasteiger partial charge in [0.25, 0.3) is 5.91 Å². The van der Waals surface area contributed by atoms with Gasteiger partial charge >= 0.3 is 5.97 Å². The quantitative estimate of drug-likeness (QED) is 0.898. The normalized spacial score (nSPS) is 24.3. The van der Waals surface area contributed by atoms with E-state index in [9.17, 15) is 14.7 Å². The molecule has 0 spiro atoms. The Bertz CT molecular complexity index is 875. The Hall–Kier alpha value is -2.76. The number of anilines is 1. The molecule has 4 rings (SSSR count). The molecule has 1 aromatic carbocycles. The Kier molecular flexibility index (Phi) is 4.42. The van der Waals surface area contributed by atoms with Crippen molar-refractivity contribution in [3.05, 3.63) is 53.5 Å². The van der Waals surface area contributed by atoms with E-state index in [1.54, 1.807) is 17.2 Å². The molecular formula is C21H24N2O4. The lowest BCUT2D eigenvalue weighted by Gasteiger charge is -2.24. The predicted octanol–water partition coefficient (Wildman–Crippen LogP) is 3.02. The molecule has 2 aliphatic heterocycles. The van der Waals surface area contributed by atoms with Crippen LogP contribution in [-0.2, 0) is 17.8 Å². The van der Waals surface area contributed by atoms with Crippen molar-refractivity contribution in [2.75, 3.05) is 18.0 Å². The van der Waals surface area contributed by atoms with Crippen LogP contribution < -0.4 is 4.90 Å². The summed E-state index contributed by atoms with van der Waals surface area (Å²) >= 11 is 0. The van der Waals surface area contributed by atoms with Gasteiger partial charge < -0.3 is 19.3 Å². The zero-order valence-electron chi connectivity index (χ0n) is 15.6. The maximum atomic E-state index is 13.0. The van der Waals surface area contributed by atoms with E-state index in [4.69, 9.17) is 4.42 Å². The number of para-hydroxylation sites is 1. The number of carbonyl (C=O) groups excluding carboxylic acids is 1. The van der Waals surface area contributed by atoms with E-state index in [1.165, 1.54) is 11.3 Å². The Morgan fingerprint density at radius 2 is 1.96 bits per heavy atom. The lowest BCUT2D eigenvalue weighted by Crippen LogP contribution is -2.32.